The maximum absolute atomic E-state index is 12.4. The molecule has 0 radical (unpaired) electrons. The Hall–Kier alpha value is -3.20. The van der Waals surface area contributed by atoms with E-state index in [9.17, 15) is 19.2 Å². The van der Waals surface area contributed by atoms with Crippen molar-refractivity contribution in [3.8, 4) is 0 Å². The fourth-order valence-electron chi connectivity index (χ4n) is 2.20. The Morgan fingerprint density at radius 1 is 0.929 bits per heavy atom. The van der Waals surface area contributed by atoms with Gasteiger partial charge in [0.2, 0.25) is 0 Å². The summed E-state index contributed by atoms with van der Waals surface area (Å²) in [5, 5.41) is 9.41. The molecule has 0 bridgehead atoms. The molecule has 0 spiro atoms. The van der Waals surface area contributed by atoms with E-state index in [0.29, 0.717) is 22.7 Å². The smallest absolute Gasteiger partial charge is 0.414 e. The van der Waals surface area contributed by atoms with Crippen LogP contribution >= 0.6 is 11.3 Å². The van der Waals surface area contributed by atoms with Gasteiger partial charge in [0.1, 0.15) is 5.00 Å². The van der Waals surface area contributed by atoms with E-state index in [-0.39, 0.29) is 18.1 Å². The molecule has 0 saturated heterocycles. The SMILES string of the molecule is CCCNC(=O)c1ccc(C(=O)Nc2sccc2C(=O)NC(=O)OCC)cc1. The third kappa shape index (κ3) is 5.65. The molecule has 1 aromatic heterocycles. The summed E-state index contributed by atoms with van der Waals surface area (Å²) >= 11 is 1.15. The van der Waals surface area contributed by atoms with Gasteiger partial charge in [-0.25, -0.2) is 4.79 Å². The largest absolute Gasteiger partial charge is 0.450 e. The van der Waals surface area contributed by atoms with E-state index in [2.05, 4.69) is 20.7 Å². The summed E-state index contributed by atoms with van der Waals surface area (Å²) in [5.74, 6) is -1.31. The molecule has 1 aromatic carbocycles. The molecule has 0 unspecified atom stereocenters. The molecular weight excluding hydrogens is 382 g/mol. The average Bonchev–Trinajstić information content (AvgIpc) is 3.14. The summed E-state index contributed by atoms with van der Waals surface area (Å²) in [4.78, 5) is 47.9. The quantitative estimate of drug-likeness (QED) is 0.658. The van der Waals surface area contributed by atoms with Crippen molar-refractivity contribution in [1.29, 1.82) is 0 Å². The Balaban J connectivity index is 2.04. The molecule has 0 atom stereocenters. The predicted octanol–water partition coefficient (Wildman–Crippen LogP) is 3.03. The van der Waals surface area contributed by atoms with Gasteiger partial charge in [0, 0.05) is 17.7 Å². The summed E-state index contributed by atoms with van der Waals surface area (Å²) in [6.07, 6.45) is -0.0213. The maximum Gasteiger partial charge on any atom is 0.414 e. The molecule has 0 aliphatic rings. The zero-order valence-electron chi connectivity index (χ0n) is 15.5. The lowest BCUT2D eigenvalue weighted by Crippen LogP contribution is -2.31. The highest BCUT2D eigenvalue weighted by Gasteiger charge is 2.18. The molecule has 148 valence electrons. The molecule has 0 aliphatic heterocycles. The van der Waals surface area contributed by atoms with E-state index < -0.39 is 17.9 Å². The van der Waals surface area contributed by atoms with E-state index in [4.69, 9.17) is 0 Å². The van der Waals surface area contributed by atoms with Crippen molar-refractivity contribution in [3.05, 3.63) is 52.4 Å². The number of alkyl carbamates (subject to hydrolysis) is 1. The lowest BCUT2D eigenvalue weighted by molar-refractivity contribution is 0.0922. The van der Waals surface area contributed by atoms with Crippen molar-refractivity contribution in [1.82, 2.24) is 10.6 Å². The van der Waals surface area contributed by atoms with Crippen molar-refractivity contribution >= 4 is 40.2 Å². The number of hydrogen-bond donors (Lipinski definition) is 3. The number of carbonyl (C=O) groups excluding carboxylic acids is 4. The van der Waals surface area contributed by atoms with Crippen LogP contribution in [0.5, 0.6) is 0 Å². The van der Waals surface area contributed by atoms with E-state index >= 15 is 0 Å². The van der Waals surface area contributed by atoms with Gasteiger partial charge in [-0.2, -0.15) is 0 Å². The van der Waals surface area contributed by atoms with Crippen LogP contribution in [0.4, 0.5) is 9.80 Å². The van der Waals surface area contributed by atoms with Crippen molar-refractivity contribution in [2.75, 3.05) is 18.5 Å². The summed E-state index contributed by atoms with van der Waals surface area (Å²) in [5.41, 5.74) is 0.940. The second-order valence-electron chi connectivity index (χ2n) is 5.63. The van der Waals surface area contributed by atoms with Crippen LogP contribution in [0.15, 0.2) is 35.7 Å². The zero-order chi connectivity index (χ0) is 20.5. The summed E-state index contributed by atoms with van der Waals surface area (Å²) in [6.45, 7) is 4.30. The minimum absolute atomic E-state index is 0.138. The van der Waals surface area contributed by atoms with Gasteiger partial charge in [-0.3, -0.25) is 19.7 Å². The Bertz CT molecular complexity index is 861. The molecule has 0 fully saturated rings. The molecule has 3 N–H and O–H groups in total. The highest BCUT2D eigenvalue weighted by molar-refractivity contribution is 7.14. The van der Waals surface area contributed by atoms with Crippen LogP contribution < -0.4 is 16.0 Å². The minimum atomic E-state index is -0.854. The third-order valence-electron chi connectivity index (χ3n) is 3.57. The van der Waals surface area contributed by atoms with Gasteiger partial charge in [-0.15, -0.1) is 11.3 Å². The Kier molecular flexibility index (Phi) is 7.70. The first-order valence-electron chi connectivity index (χ1n) is 8.71. The van der Waals surface area contributed by atoms with Gasteiger partial charge in [0.15, 0.2) is 0 Å². The van der Waals surface area contributed by atoms with E-state index in [1.165, 1.54) is 18.2 Å². The first kappa shape index (κ1) is 21.1. The lowest BCUT2D eigenvalue weighted by Gasteiger charge is -2.08. The highest BCUT2D eigenvalue weighted by Crippen LogP contribution is 2.24. The van der Waals surface area contributed by atoms with Crippen molar-refractivity contribution in [2.24, 2.45) is 0 Å². The van der Waals surface area contributed by atoms with Gasteiger partial charge >= 0.3 is 6.09 Å². The Labute approximate surface area is 166 Å². The van der Waals surface area contributed by atoms with Gasteiger partial charge in [0.25, 0.3) is 17.7 Å². The van der Waals surface area contributed by atoms with Gasteiger partial charge in [0.05, 0.1) is 12.2 Å². The molecule has 8 nitrogen and oxygen atoms in total. The Morgan fingerprint density at radius 3 is 2.18 bits per heavy atom. The molecule has 2 aromatic rings. The second-order valence-corrected chi connectivity index (χ2v) is 6.54. The first-order chi connectivity index (χ1) is 13.5. The average molecular weight is 403 g/mol. The van der Waals surface area contributed by atoms with Crippen LogP contribution in [0.3, 0.4) is 0 Å². The molecule has 28 heavy (non-hydrogen) atoms. The fourth-order valence-corrected chi connectivity index (χ4v) is 2.98. The van der Waals surface area contributed by atoms with E-state index in [1.807, 2.05) is 6.92 Å². The number of ether oxygens (including phenoxy) is 1. The molecule has 0 saturated carbocycles. The Morgan fingerprint density at radius 2 is 1.57 bits per heavy atom. The number of imide groups is 1. The zero-order valence-corrected chi connectivity index (χ0v) is 16.4. The van der Waals surface area contributed by atoms with Crippen LogP contribution in [0.25, 0.3) is 0 Å². The standard InChI is InChI=1S/C19H21N3O5S/c1-3-10-20-15(23)12-5-7-13(8-6-12)16(24)21-18-14(9-11-28-18)17(25)22-19(26)27-4-2/h5-9,11H,3-4,10H2,1-2H3,(H,20,23)(H,21,24)(H,22,25,26). The number of nitrogens with one attached hydrogen (secondary N) is 3. The summed E-state index contributed by atoms with van der Waals surface area (Å²) in [6, 6.07) is 7.67. The fraction of sp³-hybridized carbons (Fsp3) is 0.263. The molecule has 0 aliphatic carbocycles. The topological polar surface area (TPSA) is 114 Å². The summed E-state index contributed by atoms with van der Waals surface area (Å²) in [7, 11) is 0. The first-order valence-corrected chi connectivity index (χ1v) is 9.59. The number of anilines is 1. The van der Waals surface area contributed by atoms with Gasteiger partial charge in [-0.1, -0.05) is 6.92 Å². The van der Waals surface area contributed by atoms with Gasteiger partial charge in [-0.05, 0) is 49.1 Å². The monoisotopic (exact) mass is 403 g/mol. The van der Waals surface area contributed by atoms with Crippen molar-refractivity contribution in [2.45, 2.75) is 20.3 Å². The van der Waals surface area contributed by atoms with Crippen molar-refractivity contribution < 1.29 is 23.9 Å². The summed E-state index contributed by atoms with van der Waals surface area (Å²) < 4.78 is 4.67. The number of rotatable bonds is 7. The molecule has 2 rings (SSSR count). The number of hydrogen-bond acceptors (Lipinski definition) is 6. The van der Waals surface area contributed by atoms with Crippen LogP contribution in [0.2, 0.25) is 0 Å². The molecular formula is C19H21N3O5S. The van der Waals surface area contributed by atoms with Crippen LogP contribution in [-0.4, -0.2) is 37.0 Å². The lowest BCUT2D eigenvalue weighted by atomic mass is 10.1. The van der Waals surface area contributed by atoms with Crippen LogP contribution in [-0.2, 0) is 4.74 Å². The number of amides is 4. The number of carbonyl (C=O) groups is 4. The number of thiophene rings is 1. The molecule has 4 amide bonds. The highest BCUT2D eigenvalue weighted by atomic mass is 32.1. The normalized spacial score (nSPS) is 10.1. The second kappa shape index (κ2) is 10.2. The molecule has 9 heteroatoms. The third-order valence-corrected chi connectivity index (χ3v) is 4.40. The molecule has 1 heterocycles. The van der Waals surface area contributed by atoms with E-state index in [0.717, 1.165) is 17.8 Å². The maximum atomic E-state index is 12.4. The van der Waals surface area contributed by atoms with Crippen molar-refractivity contribution in [3.63, 3.8) is 0 Å². The van der Waals surface area contributed by atoms with E-state index in [1.54, 1.807) is 24.4 Å². The predicted molar refractivity (Wildman–Crippen MR) is 106 cm³/mol. The minimum Gasteiger partial charge on any atom is -0.450 e. The van der Waals surface area contributed by atoms with Crippen LogP contribution in [0.1, 0.15) is 51.3 Å². The van der Waals surface area contributed by atoms with Gasteiger partial charge < -0.3 is 15.4 Å². The number of benzene rings is 1. The van der Waals surface area contributed by atoms with Crippen LogP contribution in [0, 0.1) is 0 Å².